The molecule has 1 saturated heterocycles. The van der Waals surface area contributed by atoms with Gasteiger partial charge in [0.25, 0.3) is 0 Å². The summed E-state index contributed by atoms with van der Waals surface area (Å²) in [7, 11) is 0. The lowest BCUT2D eigenvalue weighted by Crippen LogP contribution is -2.48. The summed E-state index contributed by atoms with van der Waals surface area (Å²) in [5.41, 5.74) is 1.91. The lowest BCUT2D eigenvalue weighted by molar-refractivity contribution is 0.0860. The largest absolute Gasteiger partial charge is 0.314 e. The van der Waals surface area contributed by atoms with Crippen molar-refractivity contribution >= 4 is 12.4 Å². The molecule has 0 aromatic heterocycles. The maximum absolute atomic E-state index is 13.9. The van der Waals surface area contributed by atoms with Crippen molar-refractivity contribution in [3.05, 3.63) is 35.1 Å². The zero-order valence-corrected chi connectivity index (χ0v) is 13.7. The van der Waals surface area contributed by atoms with E-state index in [1.165, 1.54) is 0 Å². The van der Waals surface area contributed by atoms with Crippen LogP contribution in [0.3, 0.4) is 0 Å². The molecule has 1 atom stereocenters. The molecule has 0 saturated carbocycles. The van der Waals surface area contributed by atoms with Gasteiger partial charge in [0.05, 0.1) is 0 Å². The Hall–Kier alpha value is -0.640. The molecule has 1 aliphatic rings. The Morgan fingerprint density at radius 2 is 1.80 bits per heavy atom. The van der Waals surface area contributed by atoms with Crippen LogP contribution in [0, 0.1) is 18.2 Å². The van der Waals surface area contributed by atoms with Gasteiger partial charge in [0.1, 0.15) is 5.82 Å². The van der Waals surface area contributed by atoms with E-state index in [0.29, 0.717) is 0 Å². The molecule has 0 spiro atoms. The quantitative estimate of drug-likeness (QED) is 0.898. The predicted molar refractivity (Wildman–Crippen MR) is 85.0 cm³/mol. The average molecular weight is 301 g/mol. The normalized spacial score (nSPS) is 18.4. The number of hydrogen-bond donors (Lipinski definition) is 1. The van der Waals surface area contributed by atoms with E-state index >= 15 is 0 Å². The molecule has 114 valence electrons. The van der Waals surface area contributed by atoms with Gasteiger partial charge < -0.3 is 5.32 Å². The van der Waals surface area contributed by atoms with Crippen LogP contribution < -0.4 is 5.32 Å². The number of aryl methyl sites for hydroxylation is 1. The third-order valence-electron chi connectivity index (χ3n) is 3.85. The van der Waals surface area contributed by atoms with Crippen LogP contribution in [0.5, 0.6) is 0 Å². The average Bonchev–Trinajstić information content (AvgIpc) is 2.34. The second-order valence-electron chi connectivity index (χ2n) is 6.56. The Morgan fingerprint density at radius 1 is 1.20 bits per heavy atom. The summed E-state index contributed by atoms with van der Waals surface area (Å²) in [6.07, 6.45) is 0. The van der Waals surface area contributed by atoms with Crippen molar-refractivity contribution < 1.29 is 4.39 Å². The molecule has 2 nitrogen and oxygen atoms in total. The van der Waals surface area contributed by atoms with E-state index in [1.807, 2.05) is 13.0 Å². The second kappa shape index (κ2) is 6.88. The lowest BCUT2D eigenvalue weighted by atomic mass is 9.80. The van der Waals surface area contributed by atoms with Crippen LogP contribution in [0.1, 0.15) is 37.9 Å². The monoisotopic (exact) mass is 300 g/mol. The van der Waals surface area contributed by atoms with Crippen LogP contribution >= 0.6 is 12.4 Å². The fraction of sp³-hybridized carbons (Fsp3) is 0.625. The molecule has 20 heavy (non-hydrogen) atoms. The van der Waals surface area contributed by atoms with Crippen LogP contribution in [-0.2, 0) is 0 Å². The van der Waals surface area contributed by atoms with Gasteiger partial charge in [0, 0.05) is 32.2 Å². The third-order valence-corrected chi connectivity index (χ3v) is 3.85. The Morgan fingerprint density at radius 3 is 2.30 bits per heavy atom. The first-order chi connectivity index (χ1) is 8.89. The smallest absolute Gasteiger partial charge is 0.126 e. The van der Waals surface area contributed by atoms with Crippen LogP contribution in [0.25, 0.3) is 0 Å². The molecule has 4 heteroatoms. The standard InChI is InChI=1S/C16H25FN2.ClH/c1-12-5-6-13(11-14(12)17)15(16(2,3)4)19-9-7-18-8-10-19;/h5-6,11,15,18H,7-10H2,1-4H3;1H/t15-;/m1./s1. The predicted octanol–water partition coefficient (Wildman–Crippen LogP) is 3.55. The van der Waals surface area contributed by atoms with Gasteiger partial charge in [-0.05, 0) is 29.5 Å². The van der Waals surface area contributed by atoms with Gasteiger partial charge in [-0.1, -0.05) is 32.9 Å². The molecule has 0 aliphatic carbocycles. The van der Waals surface area contributed by atoms with E-state index in [9.17, 15) is 4.39 Å². The highest BCUT2D eigenvalue weighted by Gasteiger charge is 2.32. The number of rotatable bonds is 2. The third kappa shape index (κ3) is 3.94. The van der Waals surface area contributed by atoms with Crippen molar-refractivity contribution in [3.63, 3.8) is 0 Å². The number of nitrogens with one attached hydrogen (secondary N) is 1. The molecule has 0 radical (unpaired) electrons. The summed E-state index contributed by atoms with van der Waals surface area (Å²) in [5.74, 6) is -0.0955. The molecule has 1 fully saturated rings. The Balaban J connectivity index is 0.00000200. The van der Waals surface area contributed by atoms with Crippen molar-refractivity contribution in [2.24, 2.45) is 5.41 Å². The zero-order chi connectivity index (χ0) is 14.0. The summed E-state index contributed by atoms with van der Waals surface area (Å²) in [5, 5.41) is 3.38. The molecule has 0 unspecified atom stereocenters. The summed E-state index contributed by atoms with van der Waals surface area (Å²) < 4.78 is 13.9. The van der Waals surface area contributed by atoms with E-state index in [4.69, 9.17) is 0 Å². The van der Waals surface area contributed by atoms with Crippen LogP contribution in [0.4, 0.5) is 4.39 Å². The Bertz CT molecular complexity index is 437. The Labute approximate surface area is 128 Å². The van der Waals surface area contributed by atoms with Gasteiger partial charge in [0.15, 0.2) is 0 Å². The molecule has 1 aromatic rings. The molecule has 1 aromatic carbocycles. The molecule has 0 amide bonds. The highest BCUT2D eigenvalue weighted by Crippen LogP contribution is 2.38. The van der Waals surface area contributed by atoms with E-state index in [0.717, 1.165) is 37.3 Å². The Kier molecular flexibility index (Phi) is 5.99. The van der Waals surface area contributed by atoms with Crippen LogP contribution in [0.15, 0.2) is 18.2 Å². The number of halogens is 2. The van der Waals surface area contributed by atoms with Gasteiger partial charge in [-0.25, -0.2) is 4.39 Å². The van der Waals surface area contributed by atoms with Gasteiger partial charge in [-0.3, -0.25) is 4.90 Å². The minimum atomic E-state index is -0.0955. The summed E-state index contributed by atoms with van der Waals surface area (Å²) in [6.45, 7) is 12.6. The minimum absolute atomic E-state index is 0. The summed E-state index contributed by atoms with van der Waals surface area (Å²) in [6, 6.07) is 5.96. The van der Waals surface area contributed by atoms with Gasteiger partial charge in [0.2, 0.25) is 0 Å². The first-order valence-corrected chi connectivity index (χ1v) is 7.10. The fourth-order valence-corrected chi connectivity index (χ4v) is 2.98. The highest BCUT2D eigenvalue weighted by molar-refractivity contribution is 5.85. The lowest BCUT2D eigenvalue weighted by Gasteiger charge is -2.42. The van der Waals surface area contributed by atoms with Crippen molar-refractivity contribution in [2.75, 3.05) is 26.2 Å². The molecule has 2 rings (SSSR count). The number of hydrogen-bond acceptors (Lipinski definition) is 2. The summed E-state index contributed by atoms with van der Waals surface area (Å²) >= 11 is 0. The van der Waals surface area contributed by atoms with Gasteiger partial charge in [-0.2, -0.15) is 0 Å². The van der Waals surface area contributed by atoms with Gasteiger partial charge in [-0.15, -0.1) is 12.4 Å². The van der Waals surface area contributed by atoms with Crippen LogP contribution in [0.2, 0.25) is 0 Å². The molecular formula is C16H26ClFN2. The number of benzene rings is 1. The molecule has 1 heterocycles. The zero-order valence-electron chi connectivity index (χ0n) is 12.9. The van der Waals surface area contributed by atoms with Gasteiger partial charge >= 0.3 is 0 Å². The number of nitrogens with zero attached hydrogens (tertiary/aromatic N) is 1. The van der Waals surface area contributed by atoms with Crippen molar-refractivity contribution in [1.82, 2.24) is 10.2 Å². The first-order valence-electron chi connectivity index (χ1n) is 7.10. The van der Waals surface area contributed by atoms with E-state index in [1.54, 1.807) is 6.07 Å². The molecular weight excluding hydrogens is 275 g/mol. The SMILES string of the molecule is Cc1ccc([C@@H](N2CCNCC2)C(C)(C)C)cc1F.Cl. The fourth-order valence-electron chi connectivity index (χ4n) is 2.98. The maximum atomic E-state index is 13.9. The molecule has 0 bridgehead atoms. The van der Waals surface area contributed by atoms with E-state index in [2.05, 4.69) is 37.1 Å². The second-order valence-corrected chi connectivity index (χ2v) is 6.56. The van der Waals surface area contributed by atoms with Crippen molar-refractivity contribution in [1.29, 1.82) is 0 Å². The van der Waals surface area contributed by atoms with E-state index in [-0.39, 0.29) is 29.7 Å². The topological polar surface area (TPSA) is 15.3 Å². The van der Waals surface area contributed by atoms with Crippen molar-refractivity contribution in [2.45, 2.75) is 33.7 Å². The highest BCUT2D eigenvalue weighted by atomic mass is 35.5. The molecule has 1 N–H and O–H groups in total. The molecule has 1 aliphatic heterocycles. The van der Waals surface area contributed by atoms with E-state index < -0.39 is 0 Å². The maximum Gasteiger partial charge on any atom is 0.126 e. The van der Waals surface area contributed by atoms with Crippen molar-refractivity contribution in [3.8, 4) is 0 Å². The van der Waals surface area contributed by atoms with Crippen LogP contribution in [-0.4, -0.2) is 31.1 Å². The summed E-state index contributed by atoms with van der Waals surface area (Å²) in [4.78, 5) is 2.47. The number of piperazine rings is 1. The minimum Gasteiger partial charge on any atom is -0.314 e. The first kappa shape index (κ1) is 17.4.